The molecule has 7 heteroatoms. The van der Waals surface area contributed by atoms with Gasteiger partial charge in [-0.1, -0.05) is 23.9 Å². The molecule has 4 rings (SSSR count). The SMILES string of the molecule is Cc1ccc(C)c(Sc2ccc(NC(=O)c3sc4ncn(C)c(=O)c4c3C)cc2)c1. The maximum absolute atomic E-state index is 12.8. The Kier molecular flexibility index (Phi) is 5.49. The fourth-order valence-electron chi connectivity index (χ4n) is 3.16. The minimum atomic E-state index is -0.229. The molecule has 0 fully saturated rings. The number of amides is 1. The van der Waals surface area contributed by atoms with Crippen LogP contribution in [0.2, 0.25) is 0 Å². The average molecular weight is 436 g/mol. The zero-order valence-corrected chi connectivity index (χ0v) is 18.8. The zero-order chi connectivity index (χ0) is 21.4. The second kappa shape index (κ2) is 8.08. The van der Waals surface area contributed by atoms with Crippen LogP contribution in [0.25, 0.3) is 10.2 Å². The van der Waals surface area contributed by atoms with Crippen molar-refractivity contribution in [2.24, 2.45) is 7.05 Å². The van der Waals surface area contributed by atoms with E-state index in [1.807, 2.05) is 24.3 Å². The Morgan fingerprint density at radius 2 is 1.83 bits per heavy atom. The lowest BCUT2D eigenvalue weighted by Gasteiger charge is -2.08. The number of carbonyl (C=O) groups excluding carboxylic acids is 1. The second-order valence-electron chi connectivity index (χ2n) is 7.25. The summed E-state index contributed by atoms with van der Waals surface area (Å²) >= 11 is 2.95. The van der Waals surface area contributed by atoms with Crippen LogP contribution in [0.4, 0.5) is 5.69 Å². The molecule has 2 aromatic heterocycles. The van der Waals surface area contributed by atoms with Gasteiger partial charge in [0.15, 0.2) is 0 Å². The Hall–Kier alpha value is -2.90. The fraction of sp³-hybridized carbons (Fsp3) is 0.174. The van der Waals surface area contributed by atoms with Gasteiger partial charge in [0.25, 0.3) is 11.5 Å². The molecule has 4 aromatic rings. The van der Waals surface area contributed by atoms with Crippen LogP contribution in [0, 0.1) is 20.8 Å². The highest BCUT2D eigenvalue weighted by molar-refractivity contribution is 7.99. The summed E-state index contributed by atoms with van der Waals surface area (Å²) in [6.45, 7) is 5.98. The van der Waals surface area contributed by atoms with Crippen LogP contribution in [-0.4, -0.2) is 15.5 Å². The van der Waals surface area contributed by atoms with Gasteiger partial charge >= 0.3 is 0 Å². The second-order valence-corrected chi connectivity index (χ2v) is 9.36. The molecular formula is C23H21N3O2S2. The highest BCUT2D eigenvalue weighted by Gasteiger charge is 2.19. The molecule has 0 atom stereocenters. The Morgan fingerprint density at radius 3 is 2.57 bits per heavy atom. The highest BCUT2D eigenvalue weighted by atomic mass is 32.2. The van der Waals surface area contributed by atoms with E-state index in [2.05, 4.69) is 42.3 Å². The number of aryl methyl sites for hydroxylation is 4. The summed E-state index contributed by atoms with van der Waals surface area (Å²) in [5, 5.41) is 3.44. The van der Waals surface area contributed by atoms with Crippen molar-refractivity contribution < 1.29 is 4.79 Å². The van der Waals surface area contributed by atoms with E-state index in [0.717, 1.165) is 4.90 Å². The molecule has 2 aromatic carbocycles. The van der Waals surface area contributed by atoms with Gasteiger partial charge in [-0.25, -0.2) is 4.98 Å². The third kappa shape index (κ3) is 3.91. The first-order valence-electron chi connectivity index (χ1n) is 9.44. The molecule has 0 aliphatic heterocycles. The van der Waals surface area contributed by atoms with Crippen molar-refractivity contribution in [2.75, 3.05) is 5.32 Å². The summed E-state index contributed by atoms with van der Waals surface area (Å²) in [6.07, 6.45) is 1.48. The number of aromatic nitrogens is 2. The Morgan fingerprint density at radius 1 is 1.10 bits per heavy atom. The van der Waals surface area contributed by atoms with Gasteiger partial charge < -0.3 is 9.88 Å². The number of rotatable bonds is 4. The predicted molar refractivity (Wildman–Crippen MR) is 124 cm³/mol. The maximum Gasteiger partial charge on any atom is 0.266 e. The molecule has 1 amide bonds. The number of benzene rings is 2. The number of nitrogens with zero attached hydrogens (tertiary/aromatic N) is 2. The predicted octanol–water partition coefficient (Wildman–Crippen LogP) is 5.32. The van der Waals surface area contributed by atoms with Gasteiger partial charge in [0.05, 0.1) is 16.6 Å². The van der Waals surface area contributed by atoms with E-state index in [1.54, 1.807) is 25.7 Å². The monoisotopic (exact) mass is 435 g/mol. The minimum absolute atomic E-state index is 0.138. The maximum atomic E-state index is 12.8. The number of anilines is 1. The van der Waals surface area contributed by atoms with Crippen molar-refractivity contribution in [1.82, 2.24) is 9.55 Å². The summed E-state index contributed by atoms with van der Waals surface area (Å²) < 4.78 is 1.43. The van der Waals surface area contributed by atoms with Crippen molar-refractivity contribution >= 4 is 44.9 Å². The number of hydrogen-bond acceptors (Lipinski definition) is 5. The Labute approximate surface area is 182 Å². The lowest BCUT2D eigenvalue weighted by atomic mass is 10.2. The van der Waals surface area contributed by atoms with E-state index in [9.17, 15) is 9.59 Å². The molecule has 30 heavy (non-hydrogen) atoms. The van der Waals surface area contributed by atoms with E-state index >= 15 is 0 Å². The first-order valence-corrected chi connectivity index (χ1v) is 11.1. The molecular weight excluding hydrogens is 414 g/mol. The van der Waals surface area contributed by atoms with Gasteiger partial charge in [-0.2, -0.15) is 0 Å². The van der Waals surface area contributed by atoms with E-state index in [-0.39, 0.29) is 11.5 Å². The van der Waals surface area contributed by atoms with E-state index in [1.165, 1.54) is 38.3 Å². The smallest absolute Gasteiger partial charge is 0.266 e. The lowest BCUT2D eigenvalue weighted by molar-refractivity contribution is 0.103. The van der Waals surface area contributed by atoms with Gasteiger partial charge in [0.1, 0.15) is 4.83 Å². The molecule has 0 bridgehead atoms. The summed E-state index contributed by atoms with van der Waals surface area (Å²) in [4.78, 5) is 32.9. The first-order chi connectivity index (χ1) is 14.3. The molecule has 0 aliphatic carbocycles. The first kappa shape index (κ1) is 20.4. The van der Waals surface area contributed by atoms with Crippen molar-refractivity contribution in [3.63, 3.8) is 0 Å². The third-order valence-corrected chi connectivity index (χ3v) is 7.27. The van der Waals surface area contributed by atoms with Crippen LogP contribution in [0.15, 0.2) is 63.4 Å². The van der Waals surface area contributed by atoms with Crippen molar-refractivity contribution in [3.05, 3.63) is 80.7 Å². The van der Waals surface area contributed by atoms with Gasteiger partial charge in [-0.05, 0) is 67.8 Å². The average Bonchev–Trinajstić information content (AvgIpc) is 3.06. The summed E-state index contributed by atoms with van der Waals surface area (Å²) in [5.74, 6) is -0.229. The van der Waals surface area contributed by atoms with Gasteiger partial charge in [-0.3, -0.25) is 9.59 Å². The van der Waals surface area contributed by atoms with Crippen LogP contribution in [0.3, 0.4) is 0 Å². The van der Waals surface area contributed by atoms with E-state index < -0.39 is 0 Å². The van der Waals surface area contributed by atoms with E-state index in [4.69, 9.17) is 0 Å². The number of fused-ring (bicyclic) bond motifs is 1. The third-order valence-electron chi connectivity index (χ3n) is 4.90. The number of carbonyl (C=O) groups is 1. The van der Waals surface area contributed by atoms with Crippen LogP contribution in [0.5, 0.6) is 0 Å². The lowest BCUT2D eigenvalue weighted by Crippen LogP contribution is -2.17. The van der Waals surface area contributed by atoms with E-state index in [0.29, 0.717) is 26.3 Å². The minimum Gasteiger partial charge on any atom is -0.321 e. The van der Waals surface area contributed by atoms with Gasteiger partial charge in [0, 0.05) is 22.5 Å². The standard InChI is InChI=1S/C23H21N3O2S2/c1-13-5-6-14(2)18(11-13)29-17-9-7-16(8-10-17)25-21(27)20-15(3)19-22(30-20)24-12-26(4)23(19)28/h5-12H,1-4H3,(H,25,27). The van der Waals surface area contributed by atoms with Crippen molar-refractivity contribution in [2.45, 2.75) is 30.6 Å². The molecule has 0 radical (unpaired) electrons. The molecule has 0 saturated heterocycles. The van der Waals surface area contributed by atoms with Crippen LogP contribution in [0.1, 0.15) is 26.4 Å². The number of thiophene rings is 1. The molecule has 1 N–H and O–H groups in total. The quantitative estimate of drug-likeness (QED) is 0.471. The number of nitrogens with one attached hydrogen (secondary N) is 1. The molecule has 0 saturated carbocycles. The molecule has 0 spiro atoms. The topological polar surface area (TPSA) is 64.0 Å². The molecule has 2 heterocycles. The van der Waals surface area contributed by atoms with Crippen molar-refractivity contribution in [3.8, 4) is 0 Å². The van der Waals surface area contributed by atoms with Crippen LogP contribution >= 0.6 is 23.1 Å². The highest BCUT2D eigenvalue weighted by Crippen LogP contribution is 2.32. The van der Waals surface area contributed by atoms with Gasteiger partial charge in [-0.15, -0.1) is 11.3 Å². The van der Waals surface area contributed by atoms with Crippen LogP contribution < -0.4 is 10.9 Å². The molecule has 5 nitrogen and oxygen atoms in total. The van der Waals surface area contributed by atoms with Gasteiger partial charge in [0.2, 0.25) is 0 Å². The largest absolute Gasteiger partial charge is 0.321 e. The zero-order valence-electron chi connectivity index (χ0n) is 17.1. The van der Waals surface area contributed by atoms with Crippen molar-refractivity contribution in [1.29, 1.82) is 0 Å². The molecule has 152 valence electrons. The molecule has 0 aliphatic rings. The normalized spacial score (nSPS) is 11.1. The summed E-state index contributed by atoms with van der Waals surface area (Å²) in [6, 6.07) is 14.2. The Balaban J connectivity index is 1.54. The summed E-state index contributed by atoms with van der Waals surface area (Å²) in [7, 11) is 1.66. The summed E-state index contributed by atoms with van der Waals surface area (Å²) in [5.41, 5.74) is 3.71. The fourth-order valence-corrected chi connectivity index (χ4v) is 5.20. The number of hydrogen-bond donors (Lipinski definition) is 1. The Bertz CT molecular complexity index is 1320. The molecule has 0 unspecified atom stereocenters. The van der Waals surface area contributed by atoms with Crippen LogP contribution in [-0.2, 0) is 7.05 Å².